The Labute approximate surface area is 145 Å². The Balaban J connectivity index is 1.63. The Hall–Kier alpha value is -2.47. The number of hydrogen-bond donors (Lipinski definition) is 1. The summed E-state index contributed by atoms with van der Waals surface area (Å²) in [6.45, 7) is 2.42. The van der Waals surface area contributed by atoms with Crippen molar-refractivity contribution >= 4 is 5.97 Å². The van der Waals surface area contributed by atoms with E-state index in [0.29, 0.717) is 12.5 Å². The first-order valence-electron chi connectivity index (χ1n) is 8.32. The molecule has 0 spiro atoms. The molecule has 1 aromatic carbocycles. The number of H-pyrrole nitrogens is 1. The number of nitrogens with zero attached hydrogens (tertiary/aromatic N) is 1. The molecule has 5 nitrogen and oxygen atoms in total. The van der Waals surface area contributed by atoms with Crippen molar-refractivity contribution in [1.29, 1.82) is 0 Å². The van der Waals surface area contributed by atoms with Crippen molar-refractivity contribution in [3.63, 3.8) is 0 Å². The fourth-order valence-corrected chi connectivity index (χ4v) is 3.34. The van der Waals surface area contributed by atoms with Crippen molar-refractivity contribution in [3.8, 4) is 0 Å². The lowest BCUT2D eigenvalue weighted by Gasteiger charge is -2.16. The Morgan fingerprint density at radius 2 is 2.24 bits per heavy atom. The molecule has 0 aliphatic carbocycles. The number of esters is 1. The van der Waals surface area contributed by atoms with Gasteiger partial charge >= 0.3 is 5.97 Å². The van der Waals surface area contributed by atoms with Crippen LogP contribution in [0.15, 0.2) is 41.3 Å². The first-order chi connectivity index (χ1) is 12.1. The average Bonchev–Trinajstić information content (AvgIpc) is 3.05. The van der Waals surface area contributed by atoms with E-state index in [0.717, 1.165) is 37.1 Å². The first kappa shape index (κ1) is 17.4. The molecule has 1 N–H and O–H groups in total. The standard InChI is InChI=1S/C19H21FN2O3/c1-25-19(24)16-10-13(4-5-17(16)20)9-14-6-8-22(11-14)12-15-3-2-7-21-18(15)23/h2-5,7,10,14H,6,8-9,11-12H2,1H3,(H,21,23). The van der Waals surface area contributed by atoms with Gasteiger partial charge in [0.2, 0.25) is 0 Å². The summed E-state index contributed by atoms with van der Waals surface area (Å²) in [7, 11) is 1.24. The lowest BCUT2D eigenvalue weighted by Crippen LogP contribution is -2.25. The molecule has 0 amide bonds. The number of carbonyl (C=O) groups is 1. The molecule has 1 atom stereocenters. The topological polar surface area (TPSA) is 62.4 Å². The third-order valence-electron chi connectivity index (χ3n) is 4.62. The number of hydrogen-bond acceptors (Lipinski definition) is 4. The molecule has 1 aromatic heterocycles. The third-order valence-corrected chi connectivity index (χ3v) is 4.62. The van der Waals surface area contributed by atoms with E-state index in [9.17, 15) is 14.0 Å². The number of likely N-dealkylation sites (tertiary alicyclic amines) is 1. The van der Waals surface area contributed by atoms with Gasteiger partial charge in [0, 0.05) is 24.8 Å². The minimum atomic E-state index is -0.657. The molecule has 1 unspecified atom stereocenters. The Bertz CT molecular complexity index is 818. The largest absolute Gasteiger partial charge is 0.465 e. The molecule has 1 saturated heterocycles. The smallest absolute Gasteiger partial charge is 0.340 e. The van der Waals surface area contributed by atoms with Gasteiger partial charge in [0.25, 0.3) is 5.56 Å². The van der Waals surface area contributed by atoms with E-state index < -0.39 is 11.8 Å². The maximum absolute atomic E-state index is 13.7. The molecular weight excluding hydrogens is 323 g/mol. The van der Waals surface area contributed by atoms with Crippen LogP contribution in [0.3, 0.4) is 0 Å². The molecule has 1 fully saturated rings. The monoisotopic (exact) mass is 344 g/mol. The van der Waals surface area contributed by atoms with Crippen molar-refractivity contribution in [1.82, 2.24) is 9.88 Å². The molecule has 3 rings (SSSR count). The van der Waals surface area contributed by atoms with Crippen molar-refractivity contribution in [2.75, 3.05) is 20.2 Å². The number of methoxy groups -OCH3 is 1. The Kier molecular flexibility index (Phi) is 5.28. The highest BCUT2D eigenvalue weighted by Crippen LogP contribution is 2.23. The molecule has 0 bridgehead atoms. The van der Waals surface area contributed by atoms with Crippen LogP contribution in [0.4, 0.5) is 4.39 Å². The van der Waals surface area contributed by atoms with E-state index in [4.69, 9.17) is 0 Å². The molecule has 1 aliphatic heterocycles. The van der Waals surface area contributed by atoms with Gasteiger partial charge in [0.05, 0.1) is 12.7 Å². The van der Waals surface area contributed by atoms with Gasteiger partial charge in [-0.05, 0) is 49.1 Å². The number of benzene rings is 1. The normalized spacial score (nSPS) is 17.6. The van der Waals surface area contributed by atoms with Gasteiger partial charge in [-0.1, -0.05) is 12.1 Å². The predicted molar refractivity (Wildman–Crippen MR) is 91.9 cm³/mol. The Morgan fingerprint density at radius 3 is 3.00 bits per heavy atom. The van der Waals surface area contributed by atoms with Gasteiger partial charge < -0.3 is 9.72 Å². The summed E-state index contributed by atoms with van der Waals surface area (Å²) < 4.78 is 18.3. The average molecular weight is 344 g/mol. The second-order valence-corrected chi connectivity index (χ2v) is 6.42. The van der Waals surface area contributed by atoms with Gasteiger partial charge in [-0.25, -0.2) is 9.18 Å². The summed E-state index contributed by atoms with van der Waals surface area (Å²) in [5.41, 5.74) is 1.61. The van der Waals surface area contributed by atoms with E-state index in [2.05, 4.69) is 14.6 Å². The zero-order valence-electron chi connectivity index (χ0n) is 14.1. The summed E-state index contributed by atoms with van der Waals surface area (Å²) in [5, 5.41) is 0. The number of aromatic amines is 1. The van der Waals surface area contributed by atoms with E-state index in [1.807, 2.05) is 12.1 Å². The van der Waals surface area contributed by atoms with Crippen LogP contribution in [0.2, 0.25) is 0 Å². The van der Waals surface area contributed by atoms with Gasteiger partial charge in [-0.15, -0.1) is 0 Å². The number of aromatic nitrogens is 1. The summed E-state index contributed by atoms with van der Waals surface area (Å²) in [6.07, 6.45) is 3.41. The maximum atomic E-state index is 13.7. The highest BCUT2D eigenvalue weighted by Gasteiger charge is 2.24. The summed E-state index contributed by atoms with van der Waals surface area (Å²) in [4.78, 5) is 28.3. The van der Waals surface area contributed by atoms with Crippen LogP contribution in [0.5, 0.6) is 0 Å². The fraction of sp³-hybridized carbons (Fsp3) is 0.368. The van der Waals surface area contributed by atoms with E-state index in [1.54, 1.807) is 18.3 Å². The van der Waals surface area contributed by atoms with Crippen molar-refractivity contribution in [2.24, 2.45) is 5.92 Å². The molecule has 2 heterocycles. The number of rotatable bonds is 5. The number of carbonyl (C=O) groups excluding carboxylic acids is 1. The van der Waals surface area contributed by atoms with Gasteiger partial charge in [-0.3, -0.25) is 9.69 Å². The minimum absolute atomic E-state index is 0.0225. The fourth-order valence-electron chi connectivity index (χ4n) is 3.34. The van der Waals surface area contributed by atoms with Crippen molar-refractivity contribution < 1.29 is 13.9 Å². The van der Waals surface area contributed by atoms with Crippen LogP contribution in [-0.2, 0) is 17.7 Å². The van der Waals surface area contributed by atoms with Gasteiger partial charge in [0.15, 0.2) is 0 Å². The molecule has 25 heavy (non-hydrogen) atoms. The number of nitrogens with one attached hydrogen (secondary N) is 1. The van der Waals surface area contributed by atoms with Crippen molar-refractivity contribution in [2.45, 2.75) is 19.4 Å². The SMILES string of the molecule is COC(=O)c1cc(CC2CCN(Cc3ccc[nH]c3=O)C2)ccc1F. The molecule has 6 heteroatoms. The number of ether oxygens (including phenoxy) is 1. The molecule has 132 valence electrons. The summed E-state index contributed by atoms with van der Waals surface area (Å²) in [6, 6.07) is 8.28. The third kappa shape index (κ3) is 4.14. The van der Waals surface area contributed by atoms with E-state index >= 15 is 0 Å². The van der Waals surface area contributed by atoms with Crippen LogP contribution in [0.25, 0.3) is 0 Å². The Morgan fingerprint density at radius 1 is 1.40 bits per heavy atom. The van der Waals surface area contributed by atoms with Crippen LogP contribution >= 0.6 is 0 Å². The number of halogens is 1. The second kappa shape index (κ2) is 7.61. The molecule has 0 radical (unpaired) electrons. The predicted octanol–water partition coefficient (Wildman–Crippen LogP) is 2.37. The lowest BCUT2D eigenvalue weighted by atomic mass is 9.97. The van der Waals surface area contributed by atoms with Crippen LogP contribution in [0, 0.1) is 11.7 Å². The molecule has 2 aromatic rings. The van der Waals surface area contributed by atoms with Crippen LogP contribution in [0.1, 0.15) is 27.9 Å². The zero-order chi connectivity index (χ0) is 17.8. The quantitative estimate of drug-likeness (QED) is 0.846. The number of pyridine rings is 1. The summed E-state index contributed by atoms with van der Waals surface area (Å²) in [5.74, 6) is -0.804. The highest BCUT2D eigenvalue weighted by molar-refractivity contribution is 5.89. The zero-order valence-corrected chi connectivity index (χ0v) is 14.1. The molecular formula is C19H21FN2O3. The minimum Gasteiger partial charge on any atom is -0.465 e. The first-order valence-corrected chi connectivity index (χ1v) is 8.32. The van der Waals surface area contributed by atoms with Gasteiger partial charge in [-0.2, -0.15) is 0 Å². The van der Waals surface area contributed by atoms with Crippen molar-refractivity contribution in [3.05, 3.63) is 69.4 Å². The highest BCUT2D eigenvalue weighted by atomic mass is 19.1. The van der Waals surface area contributed by atoms with Crippen LogP contribution in [-0.4, -0.2) is 36.1 Å². The van der Waals surface area contributed by atoms with Crippen LogP contribution < -0.4 is 5.56 Å². The van der Waals surface area contributed by atoms with E-state index in [1.165, 1.54) is 13.2 Å². The maximum Gasteiger partial charge on any atom is 0.340 e. The second-order valence-electron chi connectivity index (χ2n) is 6.42. The van der Waals surface area contributed by atoms with E-state index in [-0.39, 0.29) is 11.1 Å². The molecule has 0 saturated carbocycles. The lowest BCUT2D eigenvalue weighted by molar-refractivity contribution is 0.0595. The summed E-state index contributed by atoms with van der Waals surface area (Å²) >= 11 is 0. The van der Waals surface area contributed by atoms with Gasteiger partial charge in [0.1, 0.15) is 5.82 Å². The molecule has 1 aliphatic rings.